The van der Waals surface area contributed by atoms with E-state index in [-0.39, 0.29) is 96.3 Å². The van der Waals surface area contributed by atoms with Crippen LogP contribution < -0.4 is 74.9 Å². The molecule has 0 saturated carbocycles. The molecule has 0 aromatic rings. The minimum Gasteiger partial charge on any atom is -0.481 e. The lowest BCUT2D eigenvalue weighted by atomic mass is 9.97. The van der Waals surface area contributed by atoms with Crippen molar-refractivity contribution in [2.75, 3.05) is 52.7 Å². The SMILES string of the molecule is CC[C@H](C)[C@@H]1NC(=O)NC(=O)COOCNC(=O)[C@H](CC(=O)O)NC(=O)[C@@H]2CCCN2C(=O)[C@H]([C@@H](C)CC)NC(=O)[C@H]2NC(=O)[C@H]([C@@H](C)CC)NC(=O)[C@@H]3CCCN3C(=O)[C@@H]3CCCN3C(=O)[C@H](CC(C)C)NC(=O)[C@H](CO)NC(=O)[C@H](CCCNC(=N)N)NC(=O)[C@H](CO)NC(=O)[C@@H](NC1=O)SS2. The molecule has 5 fully saturated rings. The fourth-order valence-electron chi connectivity index (χ4n) is 12.1. The van der Waals surface area contributed by atoms with Crippen molar-refractivity contribution in [3.05, 3.63) is 0 Å². The highest BCUT2D eigenvalue weighted by Crippen LogP contribution is 2.32. The predicted molar refractivity (Wildman–Crippen MR) is 371 cm³/mol. The number of carboxylic acid groups (broad SMARTS) is 1. The van der Waals surface area contributed by atoms with Crippen molar-refractivity contribution in [2.45, 2.75) is 216 Å². The number of aliphatic carboxylic acids is 1. The van der Waals surface area contributed by atoms with Gasteiger partial charge in [0.15, 0.2) is 30.0 Å². The van der Waals surface area contributed by atoms with E-state index in [1.807, 2.05) is 5.32 Å². The van der Waals surface area contributed by atoms with Crippen molar-refractivity contribution >= 4 is 122 Å². The molecule has 0 aliphatic carbocycles. The molecule has 2 bridgehead atoms. The number of nitrogens with one attached hydrogen (secondary N) is 14. The van der Waals surface area contributed by atoms with Gasteiger partial charge in [-0.05, 0) is 81.5 Å². The van der Waals surface area contributed by atoms with Gasteiger partial charge in [-0.15, -0.1) is 0 Å². The number of rotatable bonds is 16. The summed E-state index contributed by atoms with van der Waals surface area (Å²) in [4.78, 5) is 242. The third-order valence-corrected chi connectivity index (χ3v) is 21.2. The Balaban J connectivity index is 1.71. The van der Waals surface area contributed by atoms with Crippen molar-refractivity contribution in [3.63, 3.8) is 0 Å². The van der Waals surface area contributed by atoms with Crippen LogP contribution in [0.15, 0.2) is 0 Å². The van der Waals surface area contributed by atoms with Gasteiger partial charge in [0.1, 0.15) is 66.5 Å². The minimum atomic E-state index is -2.08. The maximum atomic E-state index is 15.4. The molecule has 0 radical (unpaired) electrons. The molecular weight excluding hydrogens is 1410 g/mol. The number of carboxylic acids is 1. The standard InChI is InChI=1S/C63H102N18O21S2/c1-9-31(6)44-53(93)77-58-56(96)75-46(33(8)11-3)61(99)80-22-14-17-39(80)51(91)69-35(25-43(85)86)47(87)67-29-102-101-28-42(84)73-63(100)76-45(32(7)10-2)54(94)78-57(103-104-58)55(95)72-38(27-83)49(89)68-34(16-12-20-66-62(64)65)48(88)71-37(26-82)50(90)70-36(24-30(4)5)59(97)81-23-15-19-41(81)60(98)79-21-13-18-40(79)52(92)74-44/h30-41,44-46,57-58,82-83H,9-29H2,1-8H3,(H,67,87)(H,68,89)(H,69,91)(H,70,90)(H,71,88)(H,72,95)(H,74,92)(H,75,96)(H,77,93)(H,78,94)(H,85,86)(H4,64,65,66)(H2,73,76,84,100)/t31-,32-,33-,34-,35-,36-,37-,38-,39-,40-,41-,44-,45-,46-,57-,58-/m0/s1. The summed E-state index contributed by atoms with van der Waals surface area (Å²) in [6, 6.07) is -18.4. The highest BCUT2D eigenvalue weighted by Gasteiger charge is 2.47. The molecule has 582 valence electrons. The zero-order valence-electron chi connectivity index (χ0n) is 59.6. The summed E-state index contributed by atoms with van der Waals surface area (Å²) < 4.78 is 0. The van der Waals surface area contributed by atoms with E-state index in [2.05, 4.69) is 63.8 Å². The number of urea groups is 1. The third kappa shape index (κ3) is 24.7. The summed E-state index contributed by atoms with van der Waals surface area (Å²) in [7, 11) is 0.703. The smallest absolute Gasteiger partial charge is 0.322 e. The Morgan fingerprint density at radius 2 is 0.971 bits per heavy atom. The Kier molecular flexibility index (Phi) is 34.5. The first-order valence-electron chi connectivity index (χ1n) is 34.9. The lowest BCUT2D eigenvalue weighted by Gasteiger charge is -2.34. The van der Waals surface area contributed by atoms with Crippen LogP contribution in [0.2, 0.25) is 0 Å². The lowest BCUT2D eigenvalue weighted by Crippen LogP contribution is -2.61. The van der Waals surface area contributed by atoms with Crippen LogP contribution in [-0.4, -0.2) is 261 Å². The predicted octanol–water partition coefficient (Wildman–Crippen LogP) is -5.23. The molecular formula is C63H102N18O21S2. The molecule has 0 spiro atoms. The summed E-state index contributed by atoms with van der Waals surface area (Å²) in [6.07, 6.45) is 0.266. The van der Waals surface area contributed by atoms with Crippen molar-refractivity contribution in [3.8, 4) is 0 Å². The fraction of sp³-hybridized carbons (Fsp3) is 0.730. The summed E-state index contributed by atoms with van der Waals surface area (Å²) >= 11 is 0. The van der Waals surface area contributed by atoms with E-state index in [0.29, 0.717) is 34.4 Å². The molecule has 0 aromatic carbocycles. The van der Waals surface area contributed by atoms with Crippen LogP contribution in [0.5, 0.6) is 0 Å². The number of fused-ring (bicyclic) bond motifs is 6. The number of nitrogens with two attached hydrogens (primary N) is 1. The van der Waals surface area contributed by atoms with E-state index >= 15 is 19.2 Å². The van der Waals surface area contributed by atoms with Crippen LogP contribution in [0.3, 0.4) is 0 Å². The van der Waals surface area contributed by atoms with Gasteiger partial charge in [-0.25, -0.2) is 14.6 Å². The number of aliphatic hydroxyl groups is 2. The van der Waals surface area contributed by atoms with Crippen LogP contribution >= 0.6 is 21.6 Å². The number of aliphatic hydroxyl groups excluding tert-OH is 2. The molecule has 5 saturated heterocycles. The van der Waals surface area contributed by atoms with Crippen molar-refractivity contribution in [1.29, 1.82) is 5.41 Å². The van der Waals surface area contributed by atoms with Crippen molar-refractivity contribution in [1.82, 2.24) is 83.8 Å². The molecule has 5 heterocycles. The van der Waals surface area contributed by atoms with E-state index < -0.39 is 229 Å². The molecule has 19 N–H and O–H groups in total. The van der Waals surface area contributed by atoms with Gasteiger partial charge in [0.05, 0.1) is 19.6 Å². The number of carbonyl (C=O) groups excluding carboxylic acids is 15. The summed E-state index contributed by atoms with van der Waals surface area (Å²) in [6.45, 7) is 8.97. The highest BCUT2D eigenvalue weighted by molar-refractivity contribution is 8.77. The van der Waals surface area contributed by atoms with E-state index in [4.69, 9.17) is 20.9 Å². The van der Waals surface area contributed by atoms with E-state index in [1.54, 1.807) is 48.5 Å². The molecule has 5 aliphatic rings. The van der Waals surface area contributed by atoms with Gasteiger partial charge in [0, 0.05) is 26.2 Å². The second-order valence-electron chi connectivity index (χ2n) is 26.6. The molecule has 104 heavy (non-hydrogen) atoms. The Morgan fingerprint density at radius 1 is 0.529 bits per heavy atom. The van der Waals surface area contributed by atoms with Crippen molar-refractivity contribution in [2.24, 2.45) is 29.4 Å². The Morgan fingerprint density at radius 3 is 1.49 bits per heavy atom. The first kappa shape index (κ1) is 86.0. The van der Waals surface area contributed by atoms with Gasteiger partial charge in [-0.1, -0.05) is 96.2 Å². The molecule has 41 heteroatoms. The van der Waals surface area contributed by atoms with Gasteiger partial charge >= 0.3 is 12.0 Å². The minimum absolute atomic E-state index is 0.00142. The molecule has 39 nitrogen and oxygen atoms in total. The molecule has 5 rings (SSSR count). The quantitative estimate of drug-likeness (QED) is 0.0226. The van der Waals surface area contributed by atoms with E-state index in [1.165, 1.54) is 16.7 Å². The zero-order valence-corrected chi connectivity index (χ0v) is 61.2. The molecule has 0 unspecified atom stereocenters. The van der Waals surface area contributed by atoms with Gasteiger partial charge in [-0.2, -0.15) is 0 Å². The fourth-order valence-corrected chi connectivity index (χ4v) is 14.5. The van der Waals surface area contributed by atoms with Gasteiger partial charge in [-0.3, -0.25) is 82.6 Å². The average Bonchev–Trinajstić information content (AvgIpc) is 1.64. The normalized spacial score (nSPS) is 29.1. The summed E-state index contributed by atoms with van der Waals surface area (Å²) in [5.41, 5.74) is 5.49. The third-order valence-electron chi connectivity index (χ3n) is 18.5. The molecule has 16 amide bonds. The van der Waals surface area contributed by atoms with Crippen LogP contribution in [0.25, 0.3) is 0 Å². The first-order valence-corrected chi connectivity index (χ1v) is 37.2. The number of hydrogen-bond acceptors (Lipinski definition) is 23. The van der Waals surface area contributed by atoms with Gasteiger partial charge in [0.25, 0.3) is 17.7 Å². The number of guanidine groups is 1. The number of amides is 16. The average molecular weight is 1510 g/mol. The zero-order chi connectivity index (χ0) is 77.2. The van der Waals surface area contributed by atoms with Crippen LogP contribution in [-0.2, 0) is 81.7 Å². The maximum Gasteiger partial charge on any atom is 0.322 e. The van der Waals surface area contributed by atoms with Crippen molar-refractivity contribution < 1.29 is 102 Å². The summed E-state index contributed by atoms with van der Waals surface area (Å²) in [5, 5.41) is 66.4. The number of carbonyl (C=O) groups is 16. The number of imide groups is 1. The second kappa shape index (κ2) is 41.7. The van der Waals surface area contributed by atoms with Gasteiger partial charge in [0.2, 0.25) is 65.0 Å². The van der Waals surface area contributed by atoms with Crippen LogP contribution in [0, 0.1) is 29.1 Å². The highest BCUT2D eigenvalue weighted by atomic mass is 33.1. The molecule has 5 aliphatic heterocycles. The Bertz CT molecular complexity index is 3140. The van der Waals surface area contributed by atoms with Crippen LogP contribution in [0.1, 0.15) is 139 Å². The van der Waals surface area contributed by atoms with Gasteiger partial charge < -0.3 is 99.6 Å². The largest absolute Gasteiger partial charge is 0.481 e. The summed E-state index contributed by atoms with van der Waals surface area (Å²) in [5.74, 6) is -19.0. The monoisotopic (exact) mass is 1510 g/mol. The Labute approximate surface area is 609 Å². The van der Waals surface area contributed by atoms with Crippen LogP contribution in [0.4, 0.5) is 4.79 Å². The molecule has 16 atom stereocenters. The Hall–Kier alpha value is -8.67. The maximum absolute atomic E-state index is 15.4. The van der Waals surface area contributed by atoms with E-state index in [9.17, 15) is 72.9 Å². The number of hydrogen-bond donors (Lipinski definition) is 18. The lowest BCUT2D eigenvalue weighted by molar-refractivity contribution is -0.292. The van der Waals surface area contributed by atoms with E-state index in [0.717, 1.165) is 4.90 Å². The molecule has 0 aromatic heterocycles. The topological polar surface area (TPSA) is 568 Å². The number of nitrogens with zero attached hydrogens (tertiary/aromatic N) is 3. The second-order valence-corrected chi connectivity index (χ2v) is 29.1. The first-order chi connectivity index (χ1) is 49.3.